The van der Waals surface area contributed by atoms with Gasteiger partial charge >= 0.3 is 0 Å². The Morgan fingerprint density at radius 2 is 2.00 bits per heavy atom. The van der Waals surface area contributed by atoms with Crippen molar-refractivity contribution in [3.8, 4) is 0 Å². The Hall–Kier alpha value is -1.08. The average Bonchev–Trinajstić information content (AvgIpc) is 2.30. The van der Waals surface area contributed by atoms with Gasteiger partial charge in [0.2, 0.25) is 0 Å². The van der Waals surface area contributed by atoms with Crippen LogP contribution in [0, 0.1) is 11.6 Å². The lowest BCUT2D eigenvalue weighted by Crippen LogP contribution is -2.46. The van der Waals surface area contributed by atoms with Gasteiger partial charge in [-0.05, 0) is 39.2 Å². The molecule has 0 spiro atoms. The van der Waals surface area contributed by atoms with Crippen molar-refractivity contribution in [2.24, 2.45) is 0 Å². The van der Waals surface area contributed by atoms with Crippen LogP contribution in [0.3, 0.4) is 0 Å². The van der Waals surface area contributed by atoms with E-state index in [-0.39, 0.29) is 18.7 Å². The van der Waals surface area contributed by atoms with Gasteiger partial charge in [-0.3, -0.25) is 0 Å². The van der Waals surface area contributed by atoms with E-state index >= 15 is 0 Å². The zero-order valence-corrected chi connectivity index (χ0v) is 12.0. The van der Waals surface area contributed by atoms with Crippen molar-refractivity contribution in [1.29, 1.82) is 0 Å². The fraction of sp³-hybridized carbons (Fsp3) is 0.571. The van der Waals surface area contributed by atoms with E-state index in [4.69, 9.17) is 0 Å². The van der Waals surface area contributed by atoms with Crippen LogP contribution in [0.25, 0.3) is 0 Å². The van der Waals surface area contributed by atoms with Crippen LogP contribution >= 0.6 is 0 Å². The summed E-state index contributed by atoms with van der Waals surface area (Å²) in [6.07, 6.45) is -1.17. The second-order valence-electron chi connectivity index (χ2n) is 5.55. The molecule has 0 aromatic heterocycles. The van der Waals surface area contributed by atoms with Crippen molar-refractivity contribution >= 4 is 0 Å². The maximum atomic E-state index is 13.4. The minimum atomic E-state index is -1.17. The smallest absolute Gasteiger partial charge is 0.129 e. The monoisotopic (exact) mass is 288 g/mol. The van der Waals surface area contributed by atoms with Crippen LogP contribution in [-0.2, 0) is 0 Å². The Kier molecular flexibility index (Phi) is 6.01. The summed E-state index contributed by atoms with van der Waals surface area (Å²) < 4.78 is 26.5. The van der Waals surface area contributed by atoms with Crippen molar-refractivity contribution in [3.05, 3.63) is 35.4 Å². The SMILES string of the molecule is CN(C)CC(C)(O)CNCC(O)c1cc(F)ccc1F. The Bertz CT molecular complexity index is 439. The highest BCUT2D eigenvalue weighted by Crippen LogP contribution is 2.17. The first-order chi connectivity index (χ1) is 9.21. The van der Waals surface area contributed by atoms with Crippen molar-refractivity contribution < 1.29 is 19.0 Å². The fourth-order valence-corrected chi connectivity index (χ4v) is 2.10. The number of nitrogens with zero attached hydrogens (tertiary/aromatic N) is 1. The molecule has 114 valence electrons. The maximum Gasteiger partial charge on any atom is 0.129 e. The van der Waals surface area contributed by atoms with Crippen LogP contribution in [0.5, 0.6) is 0 Å². The molecule has 1 aromatic carbocycles. The van der Waals surface area contributed by atoms with Gasteiger partial charge in [0.25, 0.3) is 0 Å². The summed E-state index contributed by atoms with van der Waals surface area (Å²) in [6, 6.07) is 2.95. The Balaban J connectivity index is 2.51. The lowest BCUT2D eigenvalue weighted by atomic mass is 10.1. The van der Waals surface area contributed by atoms with E-state index < -0.39 is 23.3 Å². The van der Waals surface area contributed by atoms with Crippen molar-refractivity contribution in [2.75, 3.05) is 33.7 Å². The van der Waals surface area contributed by atoms with Crippen LogP contribution in [0.2, 0.25) is 0 Å². The number of rotatable bonds is 7. The van der Waals surface area contributed by atoms with Gasteiger partial charge in [-0.1, -0.05) is 0 Å². The molecule has 0 aliphatic rings. The normalized spacial score (nSPS) is 16.2. The molecule has 20 heavy (non-hydrogen) atoms. The molecule has 0 radical (unpaired) electrons. The molecular formula is C14H22F2N2O2. The largest absolute Gasteiger partial charge is 0.388 e. The number of likely N-dealkylation sites (N-methyl/N-ethyl adjacent to an activating group) is 1. The van der Waals surface area contributed by atoms with E-state index in [0.717, 1.165) is 18.2 Å². The van der Waals surface area contributed by atoms with Gasteiger partial charge < -0.3 is 20.4 Å². The second-order valence-corrected chi connectivity index (χ2v) is 5.55. The number of nitrogens with one attached hydrogen (secondary N) is 1. The van der Waals surface area contributed by atoms with Gasteiger partial charge in [0, 0.05) is 25.2 Å². The summed E-state index contributed by atoms with van der Waals surface area (Å²) in [4.78, 5) is 1.84. The zero-order chi connectivity index (χ0) is 15.3. The summed E-state index contributed by atoms with van der Waals surface area (Å²) in [7, 11) is 3.68. The molecule has 0 amide bonds. The minimum Gasteiger partial charge on any atom is -0.388 e. The van der Waals surface area contributed by atoms with Crippen LogP contribution < -0.4 is 5.32 Å². The van der Waals surface area contributed by atoms with Crippen LogP contribution in [0.15, 0.2) is 18.2 Å². The first-order valence-corrected chi connectivity index (χ1v) is 6.42. The van der Waals surface area contributed by atoms with Gasteiger partial charge in [0.05, 0.1) is 11.7 Å². The molecule has 1 rings (SSSR count). The van der Waals surface area contributed by atoms with Gasteiger partial charge in [0.1, 0.15) is 11.6 Å². The molecule has 0 saturated carbocycles. The predicted molar refractivity (Wildman–Crippen MR) is 73.4 cm³/mol. The average molecular weight is 288 g/mol. The maximum absolute atomic E-state index is 13.4. The van der Waals surface area contributed by atoms with Gasteiger partial charge in [-0.15, -0.1) is 0 Å². The molecular weight excluding hydrogens is 266 g/mol. The number of halogens is 2. The third kappa shape index (κ3) is 5.50. The third-order valence-electron chi connectivity index (χ3n) is 2.82. The van der Waals surface area contributed by atoms with E-state index in [1.807, 2.05) is 19.0 Å². The first kappa shape index (κ1) is 17.0. The van der Waals surface area contributed by atoms with Gasteiger partial charge in [-0.2, -0.15) is 0 Å². The van der Waals surface area contributed by atoms with Crippen molar-refractivity contribution in [3.63, 3.8) is 0 Å². The standard InChI is InChI=1S/C14H22F2N2O2/c1-14(20,9-18(2)3)8-17-7-13(19)11-6-10(15)4-5-12(11)16/h4-6,13,17,19-20H,7-9H2,1-3H3. The second kappa shape index (κ2) is 7.08. The number of hydrogen-bond acceptors (Lipinski definition) is 4. The Labute approximate surface area is 118 Å². The van der Waals surface area contributed by atoms with Crippen LogP contribution in [-0.4, -0.2) is 54.4 Å². The quantitative estimate of drug-likeness (QED) is 0.698. The molecule has 6 heteroatoms. The molecule has 0 saturated heterocycles. The molecule has 1 aromatic rings. The molecule has 2 atom stereocenters. The topological polar surface area (TPSA) is 55.7 Å². The number of aliphatic hydroxyl groups excluding tert-OH is 1. The summed E-state index contributed by atoms with van der Waals surface area (Å²) in [6.45, 7) is 2.38. The van der Waals surface area contributed by atoms with E-state index in [0.29, 0.717) is 6.54 Å². The fourth-order valence-electron chi connectivity index (χ4n) is 2.10. The summed E-state index contributed by atoms with van der Waals surface area (Å²) in [5.41, 5.74) is -1.06. The zero-order valence-electron chi connectivity index (χ0n) is 12.0. The summed E-state index contributed by atoms with van der Waals surface area (Å²) in [5, 5.41) is 22.8. The highest BCUT2D eigenvalue weighted by atomic mass is 19.1. The lowest BCUT2D eigenvalue weighted by Gasteiger charge is -2.27. The lowest BCUT2D eigenvalue weighted by molar-refractivity contribution is 0.0307. The van der Waals surface area contributed by atoms with E-state index in [9.17, 15) is 19.0 Å². The molecule has 4 nitrogen and oxygen atoms in total. The minimum absolute atomic E-state index is 0.0317. The highest BCUT2D eigenvalue weighted by molar-refractivity contribution is 5.21. The highest BCUT2D eigenvalue weighted by Gasteiger charge is 2.22. The predicted octanol–water partition coefficient (Wildman–Crippen LogP) is 0.900. The Morgan fingerprint density at radius 3 is 2.60 bits per heavy atom. The number of hydrogen-bond donors (Lipinski definition) is 3. The van der Waals surface area contributed by atoms with E-state index in [1.165, 1.54) is 0 Å². The van der Waals surface area contributed by atoms with Crippen LogP contribution in [0.1, 0.15) is 18.6 Å². The molecule has 0 fully saturated rings. The van der Waals surface area contributed by atoms with Gasteiger partial charge in [-0.25, -0.2) is 8.78 Å². The first-order valence-electron chi connectivity index (χ1n) is 6.42. The van der Waals surface area contributed by atoms with Crippen molar-refractivity contribution in [2.45, 2.75) is 18.6 Å². The summed E-state index contributed by atoms with van der Waals surface area (Å²) >= 11 is 0. The van der Waals surface area contributed by atoms with E-state index in [2.05, 4.69) is 5.32 Å². The molecule has 0 aliphatic carbocycles. The number of benzene rings is 1. The molecule has 0 heterocycles. The molecule has 0 bridgehead atoms. The molecule has 2 unspecified atom stereocenters. The summed E-state index contributed by atoms with van der Waals surface area (Å²) in [5.74, 6) is -1.25. The Morgan fingerprint density at radius 1 is 1.35 bits per heavy atom. The van der Waals surface area contributed by atoms with Crippen LogP contribution in [0.4, 0.5) is 8.78 Å². The third-order valence-corrected chi connectivity index (χ3v) is 2.82. The molecule has 0 aliphatic heterocycles. The van der Waals surface area contributed by atoms with E-state index in [1.54, 1.807) is 6.92 Å². The molecule has 3 N–H and O–H groups in total. The van der Waals surface area contributed by atoms with Gasteiger partial charge in [0.15, 0.2) is 0 Å². The van der Waals surface area contributed by atoms with Crippen molar-refractivity contribution in [1.82, 2.24) is 10.2 Å². The number of aliphatic hydroxyl groups is 2.